The second kappa shape index (κ2) is 6.41. The third kappa shape index (κ3) is 3.33. The van der Waals surface area contributed by atoms with Gasteiger partial charge in [-0.3, -0.25) is 14.9 Å². The van der Waals surface area contributed by atoms with E-state index in [1.54, 1.807) is 4.90 Å². The molecular weight excluding hydrogens is 294 g/mol. The molecule has 0 spiro atoms. The molecule has 0 aromatic heterocycles. The third-order valence-electron chi connectivity index (χ3n) is 3.99. The highest BCUT2D eigenvalue weighted by atomic mass is 35.5. The predicted octanol–water partition coefficient (Wildman–Crippen LogP) is 2.45. The van der Waals surface area contributed by atoms with E-state index in [2.05, 4.69) is 0 Å². The van der Waals surface area contributed by atoms with Crippen molar-refractivity contribution < 1.29 is 9.72 Å². The first-order valence-corrected chi connectivity index (χ1v) is 7.30. The molecule has 1 aromatic rings. The minimum absolute atomic E-state index is 0.0784. The number of piperidine rings is 1. The van der Waals surface area contributed by atoms with E-state index in [0.717, 1.165) is 6.42 Å². The van der Waals surface area contributed by atoms with Crippen LogP contribution in [0.2, 0.25) is 5.02 Å². The highest BCUT2D eigenvalue weighted by Gasteiger charge is 2.31. The summed E-state index contributed by atoms with van der Waals surface area (Å²) in [6.07, 6.45) is 1.60. The van der Waals surface area contributed by atoms with Crippen LogP contribution in [0.1, 0.15) is 30.1 Å². The molecule has 2 unspecified atom stereocenters. The van der Waals surface area contributed by atoms with Gasteiger partial charge in [-0.2, -0.15) is 0 Å². The van der Waals surface area contributed by atoms with Crippen molar-refractivity contribution >= 4 is 23.2 Å². The van der Waals surface area contributed by atoms with Gasteiger partial charge in [-0.05, 0) is 24.5 Å². The number of rotatable bonds is 3. The molecule has 0 radical (unpaired) electrons. The zero-order valence-electron chi connectivity index (χ0n) is 11.8. The number of carbonyl (C=O) groups is 1. The maximum Gasteiger partial charge on any atom is 0.283 e. The van der Waals surface area contributed by atoms with Crippen molar-refractivity contribution in [3.05, 3.63) is 38.9 Å². The summed E-state index contributed by atoms with van der Waals surface area (Å²) in [5, 5.41) is 11.3. The van der Waals surface area contributed by atoms with Gasteiger partial charge in [-0.1, -0.05) is 24.9 Å². The Hall–Kier alpha value is -1.66. The third-order valence-corrected chi connectivity index (χ3v) is 4.23. The molecule has 7 heteroatoms. The van der Waals surface area contributed by atoms with Gasteiger partial charge in [0, 0.05) is 30.2 Å². The van der Waals surface area contributed by atoms with E-state index in [1.165, 1.54) is 18.2 Å². The van der Waals surface area contributed by atoms with Crippen LogP contribution in [-0.2, 0) is 0 Å². The molecule has 1 aliphatic heterocycles. The molecule has 114 valence electrons. The van der Waals surface area contributed by atoms with Crippen LogP contribution >= 0.6 is 11.6 Å². The quantitative estimate of drug-likeness (QED) is 0.686. The second-order valence-corrected chi connectivity index (χ2v) is 5.73. The number of likely N-dealkylation sites (tertiary alicyclic amines) is 1. The van der Waals surface area contributed by atoms with E-state index in [4.69, 9.17) is 17.3 Å². The molecule has 0 bridgehead atoms. The fourth-order valence-corrected chi connectivity index (χ4v) is 2.84. The molecule has 0 aliphatic carbocycles. The van der Waals surface area contributed by atoms with Crippen LogP contribution in [0, 0.1) is 16.0 Å². The minimum Gasteiger partial charge on any atom is -0.338 e. The highest BCUT2D eigenvalue weighted by molar-refractivity contribution is 6.31. The molecule has 6 nitrogen and oxygen atoms in total. The summed E-state index contributed by atoms with van der Waals surface area (Å²) in [5.74, 6) is -0.0993. The lowest BCUT2D eigenvalue weighted by Crippen LogP contribution is -2.49. The maximum atomic E-state index is 12.5. The average molecular weight is 312 g/mol. The lowest BCUT2D eigenvalue weighted by molar-refractivity contribution is -0.385. The summed E-state index contributed by atoms with van der Waals surface area (Å²) in [6, 6.07) is 4.20. The number of hydrogen-bond donors (Lipinski definition) is 1. The Morgan fingerprint density at radius 2 is 2.29 bits per heavy atom. The van der Waals surface area contributed by atoms with Crippen molar-refractivity contribution in [2.24, 2.45) is 11.7 Å². The van der Waals surface area contributed by atoms with Crippen molar-refractivity contribution in [3.63, 3.8) is 0 Å². The van der Waals surface area contributed by atoms with Crippen LogP contribution in [0.15, 0.2) is 18.2 Å². The number of amides is 1. The summed E-state index contributed by atoms with van der Waals surface area (Å²) in [6.45, 7) is 3.09. The van der Waals surface area contributed by atoms with Crippen molar-refractivity contribution in [2.75, 3.05) is 13.1 Å². The molecule has 2 N–H and O–H groups in total. The van der Waals surface area contributed by atoms with Crippen LogP contribution in [0.3, 0.4) is 0 Å². The number of carbonyl (C=O) groups excluding carboxylic acids is 1. The summed E-state index contributed by atoms with van der Waals surface area (Å²) in [7, 11) is 0. The average Bonchev–Trinajstić information content (AvgIpc) is 2.47. The second-order valence-electron chi connectivity index (χ2n) is 5.29. The Kier molecular flexibility index (Phi) is 4.80. The Morgan fingerprint density at radius 1 is 1.57 bits per heavy atom. The normalized spacial score (nSPS) is 22.1. The van der Waals surface area contributed by atoms with Crippen LogP contribution in [0.4, 0.5) is 5.69 Å². The predicted molar refractivity (Wildman–Crippen MR) is 80.4 cm³/mol. The molecular formula is C14H18ClN3O3. The molecule has 0 saturated carbocycles. The molecule has 2 atom stereocenters. The van der Waals surface area contributed by atoms with E-state index in [0.29, 0.717) is 19.5 Å². The maximum absolute atomic E-state index is 12.5. The molecule has 1 aliphatic rings. The molecule has 1 saturated heterocycles. The Morgan fingerprint density at radius 3 is 2.90 bits per heavy atom. The first kappa shape index (κ1) is 15.7. The van der Waals surface area contributed by atoms with Gasteiger partial charge in [0.15, 0.2) is 0 Å². The zero-order valence-corrected chi connectivity index (χ0v) is 12.5. The molecule has 1 fully saturated rings. The van der Waals surface area contributed by atoms with E-state index in [-0.39, 0.29) is 34.1 Å². The van der Waals surface area contributed by atoms with E-state index in [1.807, 2.05) is 6.92 Å². The monoisotopic (exact) mass is 311 g/mol. The summed E-state index contributed by atoms with van der Waals surface area (Å²) >= 11 is 5.77. The topological polar surface area (TPSA) is 89.5 Å². The Balaban J connectivity index is 2.26. The van der Waals surface area contributed by atoms with Gasteiger partial charge in [0.25, 0.3) is 11.6 Å². The fraction of sp³-hybridized carbons (Fsp3) is 0.500. The molecule has 1 amide bonds. The van der Waals surface area contributed by atoms with E-state index >= 15 is 0 Å². The minimum atomic E-state index is -0.577. The fourth-order valence-electron chi connectivity index (χ4n) is 2.67. The van der Waals surface area contributed by atoms with Crippen LogP contribution in [-0.4, -0.2) is 34.9 Å². The lowest BCUT2D eigenvalue weighted by Gasteiger charge is -2.36. The first-order chi connectivity index (χ1) is 9.93. The van der Waals surface area contributed by atoms with Gasteiger partial charge < -0.3 is 10.6 Å². The number of benzene rings is 1. The van der Waals surface area contributed by atoms with Gasteiger partial charge in [-0.25, -0.2) is 0 Å². The molecule has 1 aromatic carbocycles. The van der Waals surface area contributed by atoms with Crippen molar-refractivity contribution in [1.82, 2.24) is 4.90 Å². The number of hydrogen-bond acceptors (Lipinski definition) is 4. The van der Waals surface area contributed by atoms with Gasteiger partial charge >= 0.3 is 0 Å². The molecule has 2 rings (SSSR count). The summed E-state index contributed by atoms with van der Waals surface area (Å²) in [5.41, 5.74) is 5.85. The van der Waals surface area contributed by atoms with E-state index in [9.17, 15) is 14.9 Å². The standard InChI is InChI=1S/C14H18ClN3O3/c1-2-9-8-17(6-5-12(9)16)14(19)11-4-3-10(15)7-13(11)18(20)21/h3-4,7,9,12H,2,5-6,8,16H2,1H3. The van der Waals surface area contributed by atoms with Crippen LogP contribution < -0.4 is 5.73 Å². The van der Waals surface area contributed by atoms with E-state index < -0.39 is 4.92 Å². The summed E-state index contributed by atoms with van der Waals surface area (Å²) < 4.78 is 0. The van der Waals surface area contributed by atoms with Crippen molar-refractivity contribution in [2.45, 2.75) is 25.8 Å². The van der Waals surface area contributed by atoms with Gasteiger partial charge in [0.1, 0.15) is 5.56 Å². The van der Waals surface area contributed by atoms with Gasteiger partial charge in [0.2, 0.25) is 0 Å². The largest absolute Gasteiger partial charge is 0.338 e. The number of nitro benzene ring substituents is 1. The molecule has 1 heterocycles. The molecule has 21 heavy (non-hydrogen) atoms. The Bertz CT molecular complexity index is 564. The smallest absolute Gasteiger partial charge is 0.283 e. The van der Waals surface area contributed by atoms with Crippen molar-refractivity contribution in [1.29, 1.82) is 0 Å². The first-order valence-electron chi connectivity index (χ1n) is 6.92. The highest BCUT2D eigenvalue weighted by Crippen LogP contribution is 2.27. The number of nitrogens with two attached hydrogens (primary N) is 1. The van der Waals surface area contributed by atoms with Crippen molar-refractivity contribution in [3.8, 4) is 0 Å². The van der Waals surface area contributed by atoms with Crippen LogP contribution in [0.25, 0.3) is 0 Å². The number of nitro groups is 1. The SMILES string of the molecule is CCC1CN(C(=O)c2ccc(Cl)cc2[N+](=O)[O-])CCC1N. The lowest BCUT2D eigenvalue weighted by atomic mass is 9.90. The van der Waals surface area contributed by atoms with Gasteiger partial charge in [0.05, 0.1) is 4.92 Å². The number of nitrogens with zero attached hydrogens (tertiary/aromatic N) is 2. The van der Waals surface area contributed by atoms with Crippen LogP contribution in [0.5, 0.6) is 0 Å². The Labute approximate surface area is 128 Å². The zero-order chi connectivity index (χ0) is 15.6. The summed E-state index contributed by atoms with van der Waals surface area (Å²) in [4.78, 5) is 24.7. The van der Waals surface area contributed by atoms with Gasteiger partial charge in [-0.15, -0.1) is 0 Å². The number of halogens is 1.